The lowest BCUT2D eigenvalue weighted by molar-refractivity contribution is -0.137. The number of aromatic nitrogens is 1. The minimum absolute atomic E-state index is 0.0482. The van der Waals surface area contributed by atoms with Crippen molar-refractivity contribution >= 4 is 22.6 Å². The van der Waals surface area contributed by atoms with E-state index in [-0.39, 0.29) is 25.3 Å². The van der Waals surface area contributed by atoms with Crippen molar-refractivity contribution in [3.05, 3.63) is 83.4 Å². The fourth-order valence-electron chi connectivity index (χ4n) is 5.81. The first-order valence-electron chi connectivity index (χ1n) is 14.6. The van der Waals surface area contributed by atoms with E-state index < -0.39 is 11.7 Å². The van der Waals surface area contributed by atoms with Gasteiger partial charge < -0.3 is 25.0 Å². The second-order valence-electron chi connectivity index (χ2n) is 11.4. The Morgan fingerprint density at radius 3 is 2.49 bits per heavy atom. The Bertz CT molecular complexity index is 1670. The Morgan fingerprint density at radius 2 is 1.70 bits per heavy atom. The predicted octanol–water partition coefficient (Wildman–Crippen LogP) is 6.62. The first kappa shape index (κ1) is 27.5. The summed E-state index contributed by atoms with van der Waals surface area (Å²) in [6.07, 6.45) is -0.107. The first-order chi connectivity index (χ1) is 20.8. The maximum Gasteiger partial charge on any atom is 0.416 e. The third kappa shape index (κ3) is 5.84. The Balaban J connectivity index is 1.21. The first-order valence-corrected chi connectivity index (χ1v) is 14.6. The number of carbonyl (C=O) groups excluding carboxylic acids is 1. The fourth-order valence-corrected chi connectivity index (χ4v) is 5.81. The number of amides is 1. The Labute approximate surface area is 247 Å². The number of anilines is 1. The number of pyridine rings is 1. The van der Waals surface area contributed by atoms with Gasteiger partial charge >= 0.3 is 6.18 Å². The van der Waals surface area contributed by atoms with Crippen LogP contribution in [-0.2, 0) is 12.7 Å². The third-order valence-corrected chi connectivity index (χ3v) is 8.36. The zero-order valence-corrected chi connectivity index (χ0v) is 23.4. The van der Waals surface area contributed by atoms with Gasteiger partial charge in [-0.05, 0) is 84.8 Å². The quantitative estimate of drug-likeness (QED) is 0.241. The van der Waals surface area contributed by atoms with Crippen LogP contribution in [0.15, 0.2) is 66.7 Å². The molecular formula is C33H31F3N4O3. The topological polar surface area (TPSA) is 75.7 Å². The number of fused-ring (bicyclic) bond motifs is 2. The molecule has 1 saturated carbocycles. The minimum Gasteiger partial charge on any atom is -0.454 e. The molecule has 0 radical (unpaired) electrons. The van der Waals surface area contributed by atoms with Gasteiger partial charge in [0.1, 0.15) is 5.82 Å². The van der Waals surface area contributed by atoms with Gasteiger partial charge in [0.2, 0.25) is 6.79 Å². The second kappa shape index (κ2) is 11.1. The number of nitrogens with zero attached hydrogens (tertiary/aromatic N) is 2. The number of nitrogens with one attached hydrogen (secondary N) is 2. The second-order valence-corrected chi connectivity index (χ2v) is 11.4. The van der Waals surface area contributed by atoms with Crippen molar-refractivity contribution in [2.24, 2.45) is 0 Å². The number of likely N-dealkylation sites (tertiary alicyclic amines) is 1. The molecule has 10 heteroatoms. The van der Waals surface area contributed by atoms with Gasteiger partial charge in [-0.25, -0.2) is 4.98 Å². The summed E-state index contributed by atoms with van der Waals surface area (Å²) in [7, 11) is 0. The summed E-state index contributed by atoms with van der Waals surface area (Å²) in [5.41, 5.74) is 3.02. The van der Waals surface area contributed by atoms with Crippen molar-refractivity contribution in [3.8, 4) is 22.6 Å². The van der Waals surface area contributed by atoms with Crippen LogP contribution in [0.5, 0.6) is 11.5 Å². The molecule has 2 fully saturated rings. The van der Waals surface area contributed by atoms with Crippen molar-refractivity contribution in [2.75, 3.05) is 25.2 Å². The predicted molar refractivity (Wildman–Crippen MR) is 157 cm³/mol. The van der Waals surface area contributed by atoms with E-state index in [4.69, 9.17) is 14.5 Å². The number of rotatable bonds is 8. The highest BCUT2D eigenvalue weighted by molar-refractivity contribution is 6.08. The molecule has 222 valence electrons. The van der Waals surface area contributed by atoms with Crippen LogP contribution in [0.4, 0.5) is 19.0 Å². The van der Waals surface area contributed by atoms with Gasteiger partial charge in [-0.3, -0.25) is 4.79 Å². The highest BCUT2D eigenvalue weighted by Gasteiger charge is 2.33. The molecular weight excluding hydrogens is 557 g/mol. The van der Waals surface area contributed by atoms with E-state index in [9.17, 15) is 18.0 Å². The number of halogens is 3. The smallest absolute Gasteiger partial charge is 0.416 e. The van der Waals surface area contributed by atoms with Crippen LogP contribution >= 0.6 is 0 Å². The number of hydrogen-bond acceptors (Lipinski definition) is 6. The molecule has 3 aromatic carbocycles. The molecule has 3 aliphatic rings. The average Bonchev–Trinajstić information content (AvgIpc) is 3.51. The van der Waals surface area contributed by atoms with Crippen molar-refractivity contribution in [2.45, 2.75) is 50.5 Å². The number of carbonyl (C=O) groups is 1. The molecule has 7 rings (SSSR count). The van der Waals surface area contributed by atoms with Crippen molar-refractivity contribution < 1.29 is 27.4 Å². The molecule has 1 saturated heterocycles. The summed E-state index contributed by atoms with van der Waals surface area (Å²) in [5, 5.41) is 7.54. The number of ether oxygens (including phenoxy) is 2. The van der Waals surface area contributed by atoms with E-state index in [1.165, 1.54) is 25.0 Å². The largest absolute Gasteiger partial charge is 0.454 e. The molecule has 7 nitrogen and oxygen atoms in total. The van der Waals surface area contributed by atoms with Crippen LogP contribution in [0.2, 0.25) is 0 Å². The monoisotopic (exact) mass is 588 g/mol. The molecule has 1 atom stereocenters. The zero-order valence-electron chi connectivity index (χ0n) is 23.4. The summed E-state index contributed by atoms with van der Waals surface area (Å²) < 4.78 is 50.0. The molecule has 3 heterocycles. The lowest BCUT2D eigenvalue weighted by Crippen LogP contribution is -2.42. The van der Waals surface area contributed by atoms with Crippen LogP contribution in [0.3, 0.4) is 0 Å². The van der Waals surface area contributed by atoms with Gasteiger partial charge in [0.15, 0.2) is 11.5 Å². The highest BCUT2D eigenvalue weighted by Crippen LogP contribution is 2.37. The summed E-state index contributed by atoms with van der Waals surface area (Å²) in [5.74, 6) is 1.81. The van der Waals surface area contributed by atoms with E-state index in [1.807, 2.05) is 41.3 Å². The van der Waals surface area contributed by atoms with Crippen LogP contribution in [0, 0.1) is 0 Å². The lowest BCUT2D eigenvalue weighted by Gasteiger charge is -2.26. The molecule has 1 aliphatic carbocycles. The van der Waals surface area contributed by atoms with Gasteiger partial charge in [0.25, 0.3) is 5.91 Å². The van der Waals surface area contributed by atoms with Gasteiger partial charge in [-0.1, -0.05) is 24.3 Å². The molecule has 4 aromatic rings. The molecule has 43 heavy (non-hydrogen) atoms. The normalized spacial score (nSPS) is 17.9. The van der Waals surface area contributed by atoms with Crippen LogP contribution in [-0.4, -0.2) is 47.8 Å². The van der Waals surface area contributed by atoms with Crippen LogP contribution < -0.4 is 20.1 Å². The summed E-state index contributed by atoms with van der Waals surface area (Å²) in [4.78, 5) is 20.9. The fraction of sp³-hybridized carbons (Fsp3) is 0.333. The average molecular weight is 589 g/mol. The van der Waals surface area contributed by atoms with E-state index in [1.54, 1.807) is 6.07 Å². The van der Waals surface area contributed by atoms with Gasteiger partial charge in [0.05, 0.1) is 16.6 Å². The van der Waals surface area contributed by atoms with Gasteiger partial charge in [-0.2, -0.15) is 13.2 Å². The third-order valence-electron chi connectivity index (χ3n) is 8.36. The van der Waals surface area contributed by atoms with E-state index in [0.29, 0.717) is 46.5 Å². The maximum atomic E-state index is 14.2. The standard InChI is InChI=1S/C33H31F3N4O3/c34-33(35,36)23-7-3-20(4-8-23)17-38-31-16-27(32(41)40-13-1-2-25(40)18-37-24-9-10-24)26-14-21(5-11-28(26)39-31)22-6-12-29-30(15-22)43-19-42-29/h3-8,11-12,14-16,24-25,37H,1-2,9-10,13,17-19H2,(H,38,39)/t25-/m0/s1. The molecule has 2 N–H and O–H groups in total. The van der Waals surface area contributed by atoms with E-state index >= 15 is 0 Å². The molecule has 1 amide bonds. The Hall–Kier alpha value is -4.31. The highest BCUT2D eigenvalue weighted by atomic mass is 19.4. The number of alkyl halides is 3. The number of hydrogen-bond donors (Lipinski definition) is 2. The van der Waals surface area contributed by atoms with Gasteiger partial charge in [0, 0.05) is 37.1 Å². The van der Waals surface area contributed by atoms with Crippen molar-refractivity contribution in [1.82, 2.24) is 15.2 Å². The summed E-state index contributed by atoms with van der Waals surface area (Å²) in [6, 6.07) is 19.1. The molecule has 0 spiro atoms. The molecule has 2 aliphatic heterocycles. The van der Waals surface area contributed by atoms with Crippen LogP contribution in [0.25, 0.3) is 22.0 Å². The van der Waals surface area contributed by atoms with Gasteiger partial charge in [-0.15, -0.1) is 0 Å². The Morgan fingerprint density at radius 1 is 0.930 bits per heavy atom. The SMILES string of the molecule is O=C(c1cc(NCc2ccc(C(F)(F)F)cc2)nc2ccc(-c3ccc4c(c3)OCO4)cc12)N1CCC[C@H]1CNC1CC1. The molecule has 0 unspecified atom stereocenters. The van der Waals surface area contributed by atoms with Crippen LogP contribution in [0.1, 0.15) is 47.2 Å². The van der Waals surface area contributed by atoms with E-state index in [2.05, 4.69) is 10.6 Å². The zero-order chi connectivity index (χ0) is 29.6. The minimum atomic E-state index is -4.39. The summed E-state index contributed by atoms with van der Waals surface area (Å²) >= 11 is 0. The van der Waals surface area contributed by atoms with E-state index in [0.717, 1.165) is 48.0 Å². The summed E-state index contributed by atoms with van der Waals surface area (Å²) in [6.45, 7) is 1.92. The Kier molecular flexibility index (Phi) is 7.09. The van der Waals surface area contributed by atoms with Crippen molar-refractivity contribution in [3.63, 3.8) is 0 Å². The lowest BCUT2D eigenvalue weighted by atomic mass is 9.99. The molecule has 0 bridgehead atoms. The molecule has 1 aromatic heterocycles. The van der Waals surface area contributed by atoms with Crippen molar-refractivity contribution in [1.29, 1.82) is 0 Å². The maximum absolute atomic E-state index is 14.2. The number of benzene rings is 3.